The van der Waals surface area contributed by atoms with Crippen LogP contribution in [0.4, 0.5) is 5.69 Å². The molecule has 1 rings (SSSR count). The molecule has 2 atom stereocenters. The molecule has 0 heterocycles. The highest BCUT2D eigenvalue weighted by Gasteiger charge is 2.29. The Labute approximate surface area is 105 Å². The number of carbonyl (C=O) groups is 1. The van der Waals surface area contributed by atoms with Crippen LogP contribution in [0, 0.1) is 28.6 Å². The van der Waals surface area contributed by atoms with Gasteiger partial charge in [-0.15, -0.1) is 0 Å². The Morgan fingerprint density at radius 1 is 1.22 bits per heavy atom. The van der Waals surface area contributed by atoms with Gasteiger partial charge in [-0.25, -0.2) is 0 Å². The van der Waals surface area contributed by atoms with E-state index < -0.39 is 17.8 Å². The van der Waals surface area contributed by atoms with Crippen LogP contribution < -0.4 is 4.90 Å². The molecular weight excluding hydrogens is 230 g/mol. The molecule has 0 bridgehead atoms. The third-order valence-electron chi connectivity index (χ3n) is 2.65. The van der Waals surface area contributed by atoms with Crippen molar-refractivity contribution in [3.63, 3.8) is 0 Å². The molecule has 0 aliphatic heterocycles. The Balaban J connectivity index is 3.08. The Morgan fingerprint density at radius 3 is 2.11 bits per heavy atom. The smallest absolute Gasteiger partial charge is 0.322 e. The third kappa shape index (κ3) is 2.78. The number of nitriles is 2. The Kier molecular flexibility index (Phi) is 4.28. The van der Waals surface area contributed by atoms with Crippen LogP contribution in [0.15, 0.2) is 24.3 Å². The number of benzene rings is 1. The van der Waals surface area contributed by atoms with Crippen LogP contribution in [0.5, 0.6) is 0 Å². The standard InChI is InChI=1S/C13H13N3O2/c1-16(2)10-5-3-9(4-6-10)11(7-14)12(8-15)13(17)18/h3-6,11-12H,1-2H3,(H,17,18). The largest absolute Gasteiger partial charge is 0.480 e. The van der Waals surface area contributed by atoms with Gasteiger partial charge in [-0.1, -0.05) is 12.1 Å². The lowest BCUT2D eigenvalue weighted by atomic mass is 9.88. The van der Waals surface area contributed by atoms with E-state index >= 15 is 0 Å². The molecule has 0 radical (unpaired) electrons. The highest BCUT2D eigenvalue weighted by Crippen LogP contribution is 2.25. The summed E-state index contributed by atoms with van der Waals surface area (Å²) in [4.78, 5) is 12.8. The second-order valence-corrected chi connectivity index (χ2v) is 4.04. The number of carboxylic acid groups (broad SMARTS) is 1. The fraction of sp³-hybridized carbons (Fsp3) is 0.308. The summed E-state index contributed by atoms with van der Waals surface area (Å²) in [5, 5.41) is 26.7. The summed E-state index contributed by atoms with van der Waals surface area (Å²) >= 11 is 0. The van der Waals surface area contributed by atoms with Crippen LogP contribution in [0.3, 0.4) is 0 Å². The number of hydrogen-bond donors (Lipinski definition) is 1. The van der Waals surface area contributed by atoms with Crippen molar-refractivity contribution >= 4 is 11.7 Å². The maximum atomic E-state index is 10.9. The zero-order valence-corrected chi connectivity index (χ0v) is 10.2. The predicted molar refractivity (Wildman–Crippen MR) is 65.9 cm³/mol. The molecule has 0 aromatic heterocycles. The first kappa shape index (κ1) is 13.5. The molecule has 0 fully saturated rings. The van der Waals surface area contributed by atoms with Gasteiger partial charge >= 0.3 is 5.97 Å². The Hall–Kier alpha value is -2.53. The van der Waals surface area contributed by atoms with Crippen molar-refractivity contribution < 1.29 is 9.90 Å². The minimum atomic E-state index is -1.35. The predicted octanol–water partition coefficient (Wildman–Crippen LogP) is 1.58. The lowest BCUT2D eigenvalue weighted by molar-refractivity contribution is -0.140. The maximum Gasteiger partial charge on any atom is 0.322 e. The van der Waals surface area contributed by atoms with Crippen molar-refractivity contribution in [2.45, 2.75) is 5.92 Å². The number of anilines is 1. The van der Waals surface area contributed by atoms with Gasteiger partial charge in [-0.2, -0.15) is 10.5 Å². The van der Waals surface area contributed by atoms with Crippen LogP contribution in [0.2, 0.25) is 0 Å². The molecule has 0 saturated carbocycles. The lowest BCUT2D eigenvalue weighted by Crippen LogP contribution is -2.19. The van der Waals surface area contributed by atoms with Gasteiger partial charge in [-0.05, 0) is 17.7 Å². The SMILES string of the molecule is CN(C)c1ccc(C(C#N)C(C#N)C(=O)O)cc1. The molecule has 92 valence electrons. The molecule has 0 saturated heterocycles. The van der Waals surface area contributed by atoms with Crippen LogP contribution in [0.1, 0.15) is 11.5 Å². The number of carboxylic acids is 1. The summed E-state index contributed by atoms with van der Waals surface area (Å²) in [6, 6.07) is 10.5. The highest BCUT2D eigenvalue weighted by molar-refractivity contribution is 5.75. The molecule has 0 spiro atoms. The average Bonchev–Trinajstić information content (AvgIpc) is 2.35. The van der Waals surface area contributed by atoms with Gasteiger partial charge in [0.2, 0.25) is 0 Å². The van der Waals surface area contributed by atoms with Gasteiger partial charge < -0.3 is 10.0 Å². The van der Waals surface area contributed by atoms with E-state index in [0.717, 1.165) is 5.69 Å². The minimum Gasteiger partial charge on any atom is -0.480 e. The number of aliphatic carboxylic acids is 1. The van der Waals surface area contributed by atoms with Gasteiger partial charge in [0.25, 0.3) is 0 Å². The fourth-order valence-corrected chi connectivity index (χ4v) is 1.59. The first-order valence-corrected chi connectivity index (χ1v) is 5.30. The highest BCUT2D eigenvalue weighted by atomic mass is 16.4. The van der Waals surface area contributed by atoms with E-state index in [1.165, 1.54) is 0 Å². The van der Waals surface area contributed by atoms with Crippen molar-refractivity contribution in [1.29, 1.82) is 10.5 Å². The fourth-order valence-electron chi connectivity index (χ4n) is 1.59. The third-order valence-corrected chi connectivity index (χ3v) is 2.65. The summed E-state index contributed by atoms with van der Waals surface area (Å²) in [6.07, 6.45) is 0. The average molecular weight is 243 g/mol. The second-order valence-electron chi connectivity index (χ2n) is 4.04. The van der Waals surface area contributed by atoms with E-state index in [2.05, 4.69) is 0 Å². The maximum absolute atomic E-state index is 10.9. The Morgan fingerprint density at radius 2 is 1.78 bits per heavy atom. The van der Waals surface area contributed by atoms with E-state index in [1.807, 2.05) is 25.1 Å². The van der Waals surface area contributed by atoms with Crippen LogP contribution in [0.25, 0.3) is 0 Å². The molecule has 0 aliphatic rings. The summed E-state index contributed by atoms with van der Waals surface area (Å²) in [6.45, 7) is 0. The number of rotatable bonds is 4. The van der Waals surface area contributed by atoms with Crippen molar-refractivity contribution in [3.8, 4) is 12.1 Å². The van der Waals surface area contributed by atoms with Crippen LogP contribution in [-0.4, -0.2) is 25.2 Å². The summed E-state index contributed by atoms with van der Waals surface area (Å²) in [7, 11) is 3.76. The molecule has 0 aliphatic carbocycles. The second kappa shape index (κ2) is 5.70. The zero-order valence-electron chi connectivity index (χ0n) is 10.2. The quantitative estimate of drug-likeness (QED) is 0.867. The van der Waals surface area contributed by atoms with Crippen LogP contribution >= 0.6 is 0 Å². The first-order chi connectivity index (χ1) is 8.51. The van der Waals surface area contributed by atoms with Gasteiger partial charge in [0.15, 0.2) is 5.92 Å². The lowest BCUT2D eigenvalue weighted by Gasteiger charge is -2.15. The van der Waals surface area contributed by atoms with Crippen molar-refractivity contribution in [1.82, 2.24) is 0 Å². The normalized spacial score (nSPS) is 12.9. The van der Waals surface area contributed by atoms with Crippen molar-refractivity contribution in [2.75, 3.05) is 19.0 Å². The van der Waals surface area contributed by atoms with Gasteiger partial charge in [0, 0.05) is 19.8 Å². The summed E-state index contributed by atoms with van der Waals surface area (Å²) in [5.41, 5.74) is 1.48. The minimum absolute atomic E-state index is 0.539. The van der Waals surface area contributed by atoms with E-state index in [0.29, 0.717) is 5.56 Å². The van der Waals surface area contributed by atoms with E-state index in [4.69, 9.17) is 15.6 Å². The first-order valence-electron chi connectivity index (χ1n) is 5.30. The molecule has 5 heteroatoms. The topological polar surface area (TPSA) is 88.1 Å². The molecule has 2 unspecified atom stereocenters. The van der Waals surface area contributed by atoms with Gasteiger partial charge in [0.1, 0.15) is 0 Å². The molecule has 1 aromatic carbocycles. The zero-order chi connectivity index (χ0) is 13.7. The Bertz CT molecular complexity index is 509. The van der Waals surface area contributed by atoms with E-state index in [1.54, 1.807) is 30.3 Å². The molecule has 1 N–H and O–H groups in total. The number of hydrogen-bond acceptors (Lipinski definition) is 4. The molecule has 1 aromatic rings. The monoisotopic (exact) mass is 243 g/mol. The summed E-state index contributed by atoms with van der Waals surface area (Å²) < 4.78 is 0. The molecule has 0 amide bonds. The molecular formula is C13H13N3O2. The van der Waals surface area contributed by atoms with Crippen molar-refractivity contribution in [3.05, 3.63) is 29.8 Å². The van der Waals surface area contributed by atoms with Crippen LogP contribution in [-0.2, 0) is 4.79 Å². The molecule has 18 heavy (non-hydrogen) atoms. The van der Waals surface area contributed by atoms with E-state index in [-0.39, 0.29) is 0 Å². The number of nitrogens with zero attached hydrogens (tertiary/aromatic N) is 3. The molecule has 5 nitrogen and oxygen atoms in total. The van der Waals surface area contributed by atoms with Gasteiger partial charge in [-0.3, -0.25) is 4.79 Å². The van der Waals surface area contributed by atoms with E-state index in [9.17, 15) is 4.79 Å². The van der Waals surface area contributed by atoms with Crippen molar-refractivity contribution in [2.24, 2.45) is 5.92 Å². The van der Waals surface area contributed by atoms with Gasteiger partial charge in [0.05, 0.1) is 18.1 Å². The summed E-state index contributed by atoms with van der Waals surface area (Å²) in [5.74, 6) is -3.58.